The summed E-state index contributed by atoms with van der Waals surface area (Å²) in [4.78, 5) is 0. The highest BCUT2D eigenvalue weighted by Gasteiger charge is 2.24. The molecule has 1 unspecified atom stereocenters. The van der Waals surface area contributed by atoms with E-state index in [1.165, 1.54) is 17.9 Å². The van der Waals surface area contributed by atoms with Crippen LogP contribution in [0.1, 0.15) is 26.7 Å². The van der Waals surface area contributed by atoms with Crippen molar-refractivity contribution in [1.29, 1.82) is 0 Å². The number of sulfonamides is 1. The van der Waals surface area contributed by atoms with E-state index in [9.17, 15) is 13.5 Å². The van der Waals surface area contributed by atoms with Crippen molar-refractivity contribution in [3.8, 4) is 0 Å². The molecule has 6 nitrogen and oxygen atoms in total. The first kappa shape index (κ1) is 16.4. The molecule has 1 atom stereocenters. The molecule has 0 amide bonds. The third-order valence-corrected chi connectivity index (χ3v) is 5.10. The maximum absolute atomic E-state index is 12.1. The predicted octanol–water partition coefficient (Wildman–Crippen LogP) is 1.15. The number of hydrogen-bond acceptors (Lipinski definition) is 4. The van der Waals surface area contributed by atoms with Gasteiger partial charge in [0.15, 0.2) is 5.03 Å². The molecule has 19 heavy (non-hydrogen) atoms. The summed E-state index contributed by atoms with van der Waals surface area (Å²) < 4.78 is 27.7. The smallest absolute Gasteiger partial charge is 0.259 e. The number of aromatic nitrogens is 2. The van der Waals surface area contributed by atoms with Crippen molar-refractivity contribution < 1.29 is 13.5 Å². The van der Waals surface area contributed by atoms with E-state index >= 15 is 0 Å². The van der Waals surface area contributed by atoms with Gasteiger partial charge in [-0.3, -0.25) is 4.68 Å². The Morgan fingerprint density at radius 1 is 1.47 bits per heavy atom. The molecule has 0 saturated carbocycles. The Kier molecular flexibility index (Phi) is 5.79. The highest BCUT2D eigenvalue weighted by Crippen LogP contribution is 2.20. The minimum atomic E-state index is -3.76. The fraction of sp³-hybridized carbons (Fsp3) is 0.727. The SMILES string of the molecule is CCC(CC)C(O)CNS(=O)(=O)c1c(Cl)cnn1C. The Balaban J connectivity index is 2.77. The molecule has 2 N–H and O–H groups in total. The van der Waals surface area contributed by atoms with Gasteiger partial charge in [-0.25, -0.2) is 13.1 Å². The van der Waals surface area contributed by atoms with E-state index in [0.717, 1.165) is 12.8 Å². The summed E-state index contributed by atoms with van der Waals surface area (Å²) in [5.41, 5.74) is 0. The van der Waals surface area contributed by atoms with Crippen molar-refractivity contribution in [2.24, 2.45) is 13.0 Å². The molecule has 0 aliphatic carbocycles. The number of aryl methyl sites for hydroxylation is 1. The van der Waals surface area contributed by atoms with Crippen LogP contribution in [-0.4, -0.2) is 36.0 Å². The van der Waals surface area contributed by atoms with Crippen molar-refractivity contribution in [2.45, 2.75) is 37.8 Å². The van der Waals surface area contributed by atoms with Crippen LogP contribution in [0.4, 0.5) is 0 Å². The standard InChI is InChI=1S/C11H20ClN3O3S/c1-4-8(5-2)10(16)7-14-19(17,18)11-9(12)6-13-15(11)3/h6,8,10,14,16H,4-5,7H2,1-3H3. The molecule has 1 aromatic heterocycles. The Morgan fingerprint density at radius 2 is 2.05 bits per heavy atom. The lowest BCUT2D eigenvalue weighted by atomic mass is 9.97. The number of aliphatic hydroxyl groups is 1. The molecule has 0 aliphatic rings. The maximum Gasteiger partial charge on any atom is 0.259 e. The van der Waals surface area contributed by atoms with Crippen LogP contribution < -0.4 is 4.72 Å². The van der Waals surface area contributed by atoms with Gasteiger partial charge >= 0.3 is 0 Å². The Labute approximate surface area is 118 Å². The van der Waals surface area contributed by atoms with Gasteiger partial charge in [-0.15, -0.1) is 0 Å². The lowest BCUT2D eigenvalue weighted by Crippen LogP contribution is -2.36. The van der Waals surface area contributed by atoms with Crippen LogP contribution in [0, 0.1) is 5.92 Å². The molecular weight excluding hydrogens is 290 g/mol. The van der Waals surface area contributed by atoms with Gasteiger partial charge in [0.05, 0.1) is 17.3 Å². The quantitative estimate of drug-likeness (QED) is 0.791. The minimum absolute atomic E-state index is 0.0316. The van der Waals surface area contributed by atoms with Gasteiger partial charge in [0.2, 0.25) is 0 Å². The lowest BCUT2D eigenvalue weighted by molar-refractivity contribution is 0.107. The Hall–Kier alpha value is -0.630. The van der Waals surface area contributed by atoms with Crippen LogP contribution in [0.5, 0.6) is 0 Å². The highest BCUT2D eigenvalue weighted by atomic mass is 35.5. The Bertz CT molecular complexity index is 492. The number of rotatable bonds is 7. The van der Waals surface area contributed by atoms with Crippen LogP contribution in [0.3, 0.4) is 0 Å². The summed E-state index contributed by atoms with van der Waals surface area (Å²) >= 11 is 5.80. The Morgan fingerprint density at radius 3 is 2.47 bits per heavy atom. The van der Waals surface area contributed by atoms with Crippen molar-refractivity contribution in [3.63, 3.8) is 0 Å². The van der Waals surface area contributed by atoms with E-state index in [1.807, 2.05) is 13.8 Å². The van der Waals surface area contributed by atoms with E-state index in [0.29, 0.717) is 0 Å². The second-order valence-electron chi connectivity index (χ2n) is 4.42. The summed E-state index contributed by atoms with van der Waals surface area (Å²) in [6, 6.07) is 0. The average Bonchev–Trinajstić information content (AvgIpc) is 2.69. The number of halogens is 1. The fourth-order valence-electron chi connectivity index (χ4n) is 1.96. The monoisotopic (exact) mass is 309 g/mol. The van der Waals surface area contributed by atoms with Crippen LogP contribution >= 0.6 is 11.6 Å². The summed E-state index contributed by atoms with van der Waals surface area (Å²) in [6.45, 7) is 3.89. The van der Waals surface area contributed by atoms with E-state index in [4.69, 9.17) is 11.6 Å². The molecule has 0 aliphatic heterocycles. The highest BCUT2D eigenvalue weighted by molar-refractivity contribution is 7.89. The third kappa shape index (κ3) is 3.92. The molecule has 110 valence electrons. The number of aliphatic hydroxyl groups excluding tert-OH is 1. The molecule has 1 heterocycles. The zero-order valence-corrected chi connectivity index (χ0v) is 12.9. The fourth-order valence-corrected chi connectivity index (χ4v) is 3.67. The van der Waals surface area contributed by atoms with Crippen molar-refractivity contribution in [1.82, 2.24) is 14.5 Å². The molecule has 1 aromatic rings. The normalized spacial score (nSPS) is 14.0. The molecule has 0 radical (unpaired) electrons. The second kappa shape index (κ2) is 6.69. The number of hydrogen-bond donors (Lipinski definition) is 2. The van der Waals surface area contributed by atoms with Gasteiger partial charge in [0.1, 0.15) is 0 Å². The van der Waals surface area contributed by atoms with Crippen molar-refractivity contribution in [2.75, 3.05) is 6.54 Å². The third-order valence-electron chi connectivity index (χ3n) is 3.17. The van der Waals surface area contributed by atoms with E-state index < -0.39 is 16.1 Å². The first-order chi connectivity index (χ1) is 8.83. The molecule has 0 saturated heterocycles. The molecular formula is C11H20ClN3O3S. The first-order valence-corrected chi connectivity index (χ1v) is 8.04. The molecule has 0 aromatic carbocycles. The van der Waals surface area contributed by atoms with Gasteiger partial charge < -0.3 is 5.11 Å². The minimum Gasteiger partial charge on any atom is -0.391 e. The van der Waals surface area contributed by atoms with Gasteiger partial charge in [-0.05, 0) is 5.92 Å². The summed E-state index contributed by atoms with van der Waals surface area (Å²) in [5, 5.41) is 13.7. The molecule has 1 rings (SSSR count). The number of nitrogens with zero attached hydrogens (tertiary/aromatic N) is 2. The zero-order valence-electron chi connectivity index (χ0n) is 11.3. The van der Waals surface area contributed by atoms with Crippen molar-refractivity contribution in [3.05, 3.63) is 11.2 Å². The van der Waals surface area contributed by atoms with Gasteiger partial charge in [0, 0.05) is 13.6 Å². The number of nitrogens with one attached hydrogen (secondary N) is 1. The molecule has 0 fully saturated rings. The van der Waals surface area contributed by atoms with Crippen molar-refractivity contribution >= 4 is 21.6 Å². The second-order valence-corrected chi connectivity index (χ2v) is 6.51. The van der Waals surface area contributed by atoms with Crippen LogP contribution in [0.15, 0.2) is 11.2 Å². The van der Waals surface area contributed by atoms with Gasteiger partial charge in [0.25, 0.3) is 10.0 Å². The van der Waals surface area contributed by atoms with Crippen LogP contribution in [-0.2, 0) is 17.1 Å². The first-order valence-electron chi connectivity index (χ1n) is 6.18. The largest absolute Gasteiger partial charge is 0.391 e. The zero-order chi connectivity index (χ0) is 14.6. The maximum atomic E-state index is 12.1. The average molecular weight is 310 g/mol. The van der Waals surface area contributed by atoms with Crippen LogP contribution in [0.2, 0.25) is 5.02 Å². The van der Waals surface area contributed by atoms with E-state index in [-0.39, 0.29) is 22.5 Å². The van der Waals surface area contributed by atoms with Gasteiger partial charge in [-0.1, -0.05) is 38.3 Å². The summed E-state index contributed by atoms with van der Waals surface area (Å²) in [5.74, 6) is 0.0738. The summed E-state index contributed by atoms with van der Waals surface area (Å²) in [6.07, 6.45) is 2.15. The molecule has 8 heteroatoms. The van der Waals surface area contributed by atoms with E-state index in [2.05, 4.69) is 9.82 Å². The topological polar surface area (TPSA) is 84.2 Å². The van der Waals surface area contributed by atoms with Gasteiger partial charge in [-0.2, -0.15) is 5.10 Å². The molecule has 0 spiro atoms. The summed E-state index contributed by atoms with van der Waals surface area (Å²) in [7, 11) is -2.27. The molecule has 0 bridgehead atoms. The predicted molar refractivity (Wildman–Crippen MR) is 73.5 cm³/mol. The lowest BCUT2D eigenvalue weighted by Gasteiger charge is -2.20. The van der Waals surface area contributed by atoms with E-state index in [1.54, 1.807) is 0 Å². The van der Waals surface area contributed by atoms with Crippen LogP contribution in [0.25, 0.3) is 0 Å².